The van der Waals surface area contributed by atoms with Crippen LogP contribution in [0.5, 0.6) is 5.75 Å². The van der Waals surface area contributed by atoms with Gasteiger partial charge in [0.2, 0.25) is 0 Å². The molecule has 1 N–H and O–H groups in total. The molecule has 0 bridgehead atoms. The predicted molar refractivity (Wildman–Crippen MR) is 110 cm³/mol. The van der Waals surface area contributed by atoms with Crippen LogP contribution < -0.4 is 10.1 Å². The van der Waals surface area contributed by atoms with E-state index < -0.39 is 23.6 Å². The molecular weight excluding hydrogens is 422 g/mol. The third kappa shape index (κ3) is 4.53. The van der Waals surface area contributed by atoms with Crippen LogP contribution in [-0.4, -0.2) is 48.0 Å². The van der Waals surface area contributed by atoms with Gasteiger partial charge in [0.05, 0.1) is 7.11 Å². The highest BCUT2D eigenvalue weighted by molar-refractivity contribution is 6.01. The molecule has 2 aliphatic rings. The molecule has 3 amide bonds. The lowest BCUT2D eigenvalue weighted by Gasteiger charge is -2.21. The lowest BCUT2D eigenvalue weighted by Crippen LogP contribution is -2.38. The quantitative estimate of drug-likeness (QED) is 0.744. The number of benzene rings is 2. The van der Waals surface area contributed by atoms with E-state index in [9.17, 15) is 18.4 Å². The predicted octanol–water partition coefficient (Wildman–Crippen LogP) is 2.76. The van der Waals surface area contributed by atoms with E-state index in [1.54, 1.807) is 12.0 Å². The molecule has 2 aromatic carbocycles. The number of aliphatic imine (C=N–C) groups is 1. The SMILES string of the molecule is COc1cccc(CN2CCN3C(C(=O)NCc4ccc(F)c(F)c4)=COC3=NC2=O)c1. The highest BCUT2D eigenvalue weighted by Gasteiger charge is 2.33. The fourth-order valence-electron chi connectivity index (χ4n) is 3.35. The van der Waals surface area contributed by atoms with E-state index in [4.69, 9.17) is 9.47 Å². The number of fused-ring (bicyclic) bond motifs is 1. The summed E-state index contributed by atoms with van der Waals surface area (Å²) in [6.45, 7) is 0.912. The van der Waals surface area contributed by atoms with Gasteiger partial charge in [0, 0.05) is 26.2 Å². The molecule has 0 aromatic heterocycles. The lowest BCUT2D eigenvalue weighted by atomic mass is 10.2. The van der Waals surface area contributed by atoms with Crippen molar-refractivity contribution in [1.29, 1.82) is 0 Å². The maximum Gasteiger partial charge on any atom is 0.348 e. The lowest BCUT2D eigenvalue weighted by molar-refractivity contribution is -0.118. The Morgan fingerprint density at radius 3 is 2.78 bits per heavy atom. The Bertz CT molecular complexity index is 1120. The minimum absolute atomic E-state index is 0.00537. The van der Waals surface area contributed by atoms with Crippen molar-refractivity contribution in [2.24, 2.45) is 4.99 Å². The number of urea groups is 1. The van der Waals surface area contributed by atoms with Crippen LogP contribution in [-0.2, 0) is 22.6 Å². The van der Waals surface area contributed by atoms with Crippen molar-refractivity contribution < 1.29 is 27.8 Å². The minimum Gasteiger partial charge on any atom is -0.497 e. The van der Waals surface area contributed by atoms with Gasteiger partial charge in [-0.2, -0.15) is 0 Å². The van der Waals surface area contributed by atoms with Gasteiger partial charge in [-0.25, -0.2) is 13.6 Å². The molecule has 0 atom stereocenters. The topological polar surface area (TPSA) is 83.5 Å². The maximum absolute atomic E-state index is 13.4. The number of rotatable bonds is 6. The second-order valence-electron chi connectivity index (χ2n) is 7.15. The van der Waals surface area contributed by atoms with E-state index in [2.05, 4.69) is 10.3 Å². The van der Waals surface area contributed by atoms with Crippen molar-refractivity contribution in [3.8, 4) is 5.75 Å². The molecule has 0 unspecified atom stereocenters. The van der Waals surface area contributed by atoms with E-state index in [1.165, 1.54) is 17.2 Å². The van der Waals surface area contributed by atoms with E-state index in [1.807, 2.05) is 24.3 Å². The van der Waals surface area contributed by atoms with Crippen LogP contribution in [0.4, 0.5) is 13.6 Å². The average Bonchev–Trinajstić information content (AvgIpc) is 3.12. The molecule has 0 aliphatic carbocycles. The van der Waals surface area contributed by atoms with E-state index in [-0.39, 0.29) is 18.3 Å². The van der Waals surface area contributed by atoms with Crippen LogP contribution in [0.2, 0.25) is 0 Å². The molecule has 32 heavy (non-hydrogen) atoms. The van der Waals surface area contributed by atoms with Crippen LogP contribution in [0.15, 0.2) is 59.4 Å². The van der Waals surface area contributed by atoms with Gasteiger partial charge in [-0.3, -0.25) is 9.69 Å². The first-order valence-electron chi connectivity index (χ1n) is 9.81. The van der Waals surface area contributed by atoms with Crippen molar-refractivity contribution in [2.45, 2.75) is 13.1 Å². The van der Waals surface area contributed by atoms with Gasteiger partial charge in [-0.1, -0.05) is 18.2 Å². The Hall–Kier alpha value is -3.95. The van der Waals surface area contributed by atoms with Crippen molar-refractivity contribution >= 4 is 18.0 Å². The van der Waals surface area contributed by atoms with Gasteiger partial charge in [0.15, 0.2) is 11.6 Å². The second-order valence-corrected chi connectivity index (χ2v) is 7.15. The average molecular weight is 442 g/mol. The zero-order chi connectivity index (χ0) is 22.7. The number of amidine groups is 1. The van der Waals surface area contributed by atoms with Gasteiger partial charge in [0.1, 0.15) is 17.7 Å². The van der Waals surface area contributed by atoms with Crippen molar-refractivity contribution in [1.82, 2.24) is 15.1 Å². The Kier molecular flexibility index (Phi) is 6.02. The molecule has 8 nitrogen and oxygen atoms in total. The number of hydrogen-bond donors (Lipinski definition) is 1. The van der Waals surface area contributed by atoms with Crippen LogP contribution in [0.3, 0.4) is 0 Å². The number of nitrogens with zero attached hydrogens (tertiary/aromatic N) is 3. The molecule has 0 fully saturated rings. The third-order valence-electron chi connectivity index (χ3n) is 5.03. The smallest absolute Gasteiger partial charge is 0.348 e. The van der Waals surface area contributed by atoms with Gasteiger partial charge in [-0.05, 0) is 35.4 Å². The Balaban J connectivity index is 1.40. The third-order valence-corrected chi connectivity index (χ3v) is 5.03. The molecule has 0 radical (unpaired) electrons. The van der Waals surface area contributed by atoms with E-state index >= 15 is 0 Å². The summed E-state index contributed by atoms with van der Waals surface area (Å²) in [5.41, 5.74) is 1.45. The molecule has 0 saturated heterocycles. The largest absolute Gasteiger partial charge is 0.497 e. The zero-order valence-corrected chi connectivity index (χ0v) is 17.2. The van der Waals surface area contributed by atoms with Gasteiger partial charge >= 0.3 is 12.1 Å². The summed E-state index contributed by atoms with van der Waals surface area (Å²) < 4.78 is 37.0. The Morgan fingerprint density at radius 1 is 1.16 bits per heavy atom. The number of halogens is 2. The summed E-state index contributed by atoms with van der Waals surface area (Å²) in [4.78, 5) is 32.2. The van der Waals surface area contributed by atoms with Gasteiger partial charge in [0.25, 0.3) is 5.91 Å². The van der Waals surface area contributed by atoms with Crippen LogP contribution >= 0.6 is 0 Å². The second kappa shape index (κ2) is 9.04. The molecular formula is C22H20F2N4O4. The fraction of sp³-hybridized carbons (Fsp3) is 0.227. The highest BCUT2D eigenvalue weighted by Crippen LogP contribution is 2.21. The first kappa shape index (κ1) is 21.3. The Morgan fingerprint density at radius 2 is 2.00 bits per heavy atom. The van der Waals surface area contributed by atoms with Gasteiger partial charge < -0.3 is 19.7 Å². The summed E-state index contributed by atoms with van der Waals surface area (Å²) in [6.07, 6.45) is 1.21. The first-order chi connectivity index (χ1) is 15.4. The summed E-state index contributed by atoms with van der Waals surface area (Å²) in [5.74, 6) is -1.76. The summed E-state index contributed by atoms with van der Waals surface area (Å²) in [6, 6.07) is 10.3. The standard InChI is InChI=1S/C22H20F2N4O4/c1-31-16-4-2-3-15(9-16)12-27-7-8-28-19(13-32-22(28)26-21(27)30)20(29)25-11-14-5-6-17(23)18(24)10-14/h2-6,9-10,13H,7-8,11-12H2,1H3,(H,25,29). The minimum atomic E-state index is -0.989. The molecule has 4 rings (SSSR count). The number of carbonyl (C=O) groups is 2. The van der Waals surface area contributed by atoms with Crippen LogP contribution in [0.1, 0.15) is 11.1 Å². The zero-order valence-electron chi connectivity index (χ0n) is 17.2. The fourth-order valence-corrected chi connectivity index (χ4v) is 3.35. The number of methoxy groups -OCH3 is 1. The van der Waals surface area contributed by atoms with E-state index in [0.717, 1.165) is 17.7 Å². The molecule has 2 aromatic rings. The van der Waals surface area contributed by atoms with Crippen LogP contribution in [0.25, 0.3) is 0 Å². The maximum atomic E-state index is 13.4. The van der Waals surface area contributed by atoms with E-state index in [0.29, 0.717) is 30.9 Å². The first-order valence-corrected chi connectivity index (χ1v) is 9.81. The van der Waals surface area contributed by atoms with Crippen LogP contribution in [0, 0.1) is 11.6 Å². The molecule has 10 heteroatoms. The van der Waals surface area contributed by atoms with Crippen molar-refractivity contribution in [3.63, 3.8) is 0 Å². The van der Waals surface area contributed by atoms with Crippen molar-refractivity contribution in [2.75, 3.05) is 20.2 Å². The Labute approximate surface area is 182 Å². The summed E-state index contributed by atoms with van der Waals surface area (Å²) in [5, 5.41) is 2.63. The van der Waals surface area contributed by atoms with Gasteiger partial charge in [-0.15, -0.1) is 4.99 Å². The molecule has 0 saturated carbocycles. The number of amides is 3. The molecule has 2 heterocycles. The summed E-state index contributed by atoms with van der Waals surface area (Å²) >= 11 is 0. The molecule has 0 spiro atoms. The number of nitrogens with one attached hydrogen (secondary N) is 1. The summed E-state index contributed by atoms with van der Waals surface area (Å²) in [7, 11) is 1.57. The normalized spacial score (nSPS) is 15.4. The van der Waals surface area contributed by atoms with Crippen molar-refractivity contribution in [3.05, 3.63) is 77.2 Å². The molecule has 2 aliphatic heterocycles. The highest BCUT2D eigenvalue weighted by atomic mass is 19.2. The molecule has 166 valence electrons. The number of carbonyl (C=O) groups excluding carboxylic acids is 2. The number of hydrogen-bond acceptors (Lipinski definition) is 5. The monoisotopic (exact) mass is 442 g/mol. The number of ether oxygens (including phenoxy) is 2.